The molecule has 1 heterocycles. The van der Waals surface area contributed by atoms with E-state index in [1.807, 2.05) is 6.07 Å². The minimum Gasteiger partial charge on any atom is -0.434 e. The molecule has 0 aliphatic heterocycles. The van der Waals surface area contributed by atoms with Gasteiger partial charge in [0, 0.05) is 10.6 Å². The van der Waals surface area contributed by atoms with Gasteiger partial charge in [0.05, 0.1) is 13.2 Å². The van der Waals surface area contributed by atoms with Gasteiger partial charge in [-0.3, -0.25) is 10.3 Å². The molecule has 0 saturated carbocycles. The summed E-state index contributed by atoms with van der Waals surface area (Å²) in [6.07, 6.45) is 0. The molecule has 0 amide bonds. The Balaban J connectivity index is 2.35. The number of benzene rings is 1. The predicted octanol–water partition coefficient (Wildman–Crippen LogP) is 2.17. The third-order valence-corrected chi connectivity index (χ3v) is 2.03. The van der Waals surface area contributed by atoms with Crippen LogP contribution in [-0.4, -0.2) is 18.3 Å². The first-order valence-corrected chi connectivity index (χ1v) is 4.70. The Morgan fingerprint density at radius 3 is 3.00 bits per heavy atom. The molecule has 0 saturated heterocycles. The summed E-state index contributed by atoms with van der Waals surface area (Å²) in [7, 11) is 0. The first-order chi connectivity index (χ1) is 7.86. The van der Waals surface area contributed by atoms with Gasteiger partial charge in [0.1, 0.15) is 11.3 Å². The minimum atomic E-state index is -0.118. The number of nitrogens with one attached hydrogen (secondary N) is 1. The largest absolute Gasteiger partial charge is 0.434 e. The number of fused-ring (bicyclic) bond motifs is 1. The monoisotopic (exact) mass is 222 g/mol. The summed E-state index contributed by atoms with van der Waals surface area (Å²) in [5.74, 6) is -0.0702. The fraction of sp³-hybridized carbons (Fsp3) is 0.200. The quantitative estimate of drug-likeness (QED) is 0.460. The van der Waals surface area contributed by atoms with Crippen molar-refractivity contribution in [3.05, 3.63) is 29.2 Å². The van der Waals surface area contributed by atoms with Gasteiger partial charge in [-0.15, -0.1) is 4.91 Å². The Kier molecular flexibility index (Phi) is 3.13. The molecule has 0 fully saturated rings. The van der Waals surface area contributed by atoms with Gasteiger partial charge in [0.15, 0.2) is 0 Å². The second kappa shape index (κ2) is 4.73. The van der Waals surface area contributed by atoms with Crippen molar-refractivity contribution >= 4 is 22.5 Å². The topological polar surface area (TPSA) is 84.1 Å². The van der Waals surface area contributed by atoms with Gasteiger partial charge in [0.2, 0.25) is 0 Å². The number of anilines is 1. The van der Waals surface area contributed by atoms with Gasteiger partial charge in [-0.2, -0.15) is 0 Å². The van der Waals surface area contributed by atoms with E-state index in [2.05, 4.69) is 10.7 Å². The molecule has 6 heteroatoms. The highest BCUT2D eigenvalue weighted by Gasteiger charge is 2.14. The van der Waals surface area contributed by atoms with E-state index >= 15 is 0 Å². The van der Waals surface area contributed by atoms with Crippen molar-refractivity contribution < 1.29 is 14.4 Å². The number of rotatable bonds is 5. The van der Waals surface area contributed by atoms with E-state index in [9.17, 15) is 4.91 Å². The molecule has 0 radical (unpaired) electrons. The van der Waals surface area contributed by atoms with E-state index in [1.165, 1.54) is 0 Å². The summed E-state index contributed by atoms with van der Waals surface area (Å²) in [6, 6.07) is 7.10. The van der Waals surface area contributed by atoms with Crippen molar-refractivity contribution in [3.8, 4) is 0 Å². The standard InChI is InChI=1S/C10H10N2O4/c13-5-6-15-12-9-7-3-1-2-4-8(7)16-10(9)11-14/h1-4,12-13H,5-6H2. The van der Waals surface area contributed by atoms with Crippen LogP contribution in [0, 0.1) is 4.91 Å². The molecule has 2 rings (SSSR count). The number of hydrogen-bond donors (Lipinski definition) is 2. The number of nitrogens with zero attached hydrogens (tertiary/aromatic N) is 1. The lowest BCUT2D eigenvalue weighted by atomic mass is 10.2. The Labute approximate surface area is 90.7 Å². The minimum absolute atomic E-state index is 0.0702. The molecule has 6 nitrogen and oxygen atoms in total. The zero-order valence-corrected chi connectivity index (χ0v) is 8.34. The van der Waals surface area contributed by atoms with Crippen LogP contribution in [0.3, 0.4) is 0 Å². The molecule has 0 aliphatic rings. The zero-order chi connectivity index (χ0) is 11.4. The van der Waals surface area contributed by atoms with Crippen molar-refractivity contribution in [2.24, 2.45) is 5.18 Å². The van der Waals surface area contributed by atoms with Gasteiger partial charge in [-0.1, -0.05) is 12.1 Å². The fourth-order valence-corrected chi connectivity index (χ4v) is 1.36. The van der Waals surface area contributed by atoms with Crippen LogP contribution >= 0.6 is 0 Å². The Morgan fingerprint density at radius 1 is 1.44 bits per heavy atom. The highest BCUT2D eigenvalue weighted by atomic mass is 16.6. The van der Waals surface area contributed by atoms with Crippen LogP contribution in [0.1, 0.15) is 0 Å². The average molecular weight is 222 g/mol. The lowest BCUT2D eigenvalue weighted by Gasteiger charge is -2.02. The molecule has 0 bridgehead atoms. The fourth-order valence-electron chi connectivity index (χ4n) is 1.36. The van der Waals surface area contributed by atoms with Crippen LogP contribution in [0.25, 0.3) is 11.0 Å². The number of nitroso groups, excluding NO2 is 1. The molecule has 1 aromatic heterocycles. The summed E-state index contributed by atoms with van der Waals surface area (Å²) < 4.78 is 5.19. The highest BCUT2D eigenvalue weighted by Crippen LogP contribution is 2.36. The van der Waals surface area contributed by atoms with Gasteiger partial charge in [-0.25, -0.2) is 0 Å². The maximum Gasteiger partial charge on any atom is 0.287 e. The predicted molar refractivity (Wildman–Crippen MR) is 58.3 cm³/mol. The zero-order valence-electron chi connectivity index (χ0n) is 8.34. The first kappa shape index (κ1) is 10.6. The molecule has 2 N–H and O–H groups in total. The molecule has 84 valence electrons. The maximum absolute atomic E-state index is 10.5. The molecule has 0 unspecified atom stereocenters. The molecule has 2 aromatic rings. The summed E-state index contributed by atoms with van der Waals surface area (Å²) in [5.41, 5.74) is 3.46. The molecule has 16 heavy (non-hydrogen) atoms. The average Bonchev–Trinajstić information content (AvgIpc) is 2.68. The third kappa shape index (κ3) is 1.88. The maximum atomic E-state index is 10.5. The molecule has 0 atom stereocenters. The second-order valence-electron chi connectivity index (χ2n) is 3.04. The summed E-state index contributed by atoms with van der Waals surface area (Å²) in [4.78, 5) is 15.5. The lowest BCUT2D eigenvalue weighted by molar-refractivity contribution is 0.133. The number of para-hydroxylation sites is 1. The number of aliphatic hydroxyl groups excluding tert-OH is 1. The third-order valence-electron chi connectivity index (χ3n) is 2.03. The summed E-state index contributed by atoms with van der Waals surface area (Å²) >= 11 is 0. The number of hydrogen-bond acceptors (Lipinski definition) is 6. The molecule has 0 aliphatic carbocycles. The van der Waals surface area contributed by atoms with E-state index in [4.69, 9.17) is 14.4 Å². The van der Waals surface area contributed by atoms with Gasteiger partial charge in [-0.05, 0) is 12.1 Å². The highest BCUT2D eigenvalue weighted by molar-refractivity contribution is 5.95. The van der Waals surface area contributed by atoms with Crippen LogP contribution in [0.5, 0.6) is 0 Å². The van der Waals surface area contributed by atoms with Crippen molar-refractivity contribution in [1.29, 1.82) is 0 Å². The SMILES string of the molecule is O=Nc1oc2ccccc2c1NOCCO. The van der Waals surface area contributed by atoms with E-state index in [1.54, 1.807) is 18.2 Å². The van der Waals surface area contributed by atoms with Crippen LogP contribution in [0.2, 0.25) is 0 Å². The van der Waals surface area contributed by atoms with Crippen LogP contribution in [-0.2, 0) is 4.84 Å². The number of aliphatic hydroxyl groups is 1. The van der Waals surface area contributed by atoms with Gasteiger partial charge >= 0.3 is 0 Å². The van der Waals surface area contributed by atoms with Crippen molar-refractivity contribution in [2.45, 2.75) is 0 Å². The normalized spacial score (nSPS) is 10.6. The van der Waals surface area contributed by atoms with Crippen molar-refractivity contribution in [3.63, 3.8) is 0 Å². The summed E-state index contributed by atoms with van der Waals surface area (Å²) in [5, 5.41) is 12.0. The van der Waals surface area contributed by atoms with E-state index in [0.29, 0.717) is 16.7 Å². The molecular formula is C10H10N2O4. The molecule has 0 spiro atoms. The summed E-state index contributed by atoms with van der Waals surface area (Å²) in [6.45, 7) is -0.00948. The Morgan fingerprint density at radius 2 is 2.25 bits per heavy atom. The molecule has 1 aromatic carbocycles. The Bertz CT molecular complexity index is 495. The van der Waals surface area contributed by atoms with Crippen LogP contribution < -0.4 is 5.48 Å². The van der Waals surface area contributed by atoms with Gasteiger partial charge in [0.25, 0.3) is 5.88 Å². The van der Waals surface area contributed by atoms with E-state index < -0.39 is 0 Å². The van der Waals surface area contributed by atoms with E-state index in [0.717, 1.165) is 0 Å². The van der Waals surface area contributed by atoms with Crippen LogP contribution in [0.15, 0.2) is 33.9 Å². The van der Waals surface area contributed by atoms with Gasteiger partial charge < -0.3 is 9.52 Å². The lowest BCUT2D eigenvalue weighted by Crippen LogP contribution is -2.05. The van der Waals surface area contributed by atoms with E-state index in [-0.39, 0.29) is 19.1 Å². The molecular weight excluding hydrogens is 212 g/mol. The Hall–Kier alpha value is -1.92. The first-order valence-electron chi connectivity index (χ1n) is 4.70. The number of furan rings is 1. The van der Waals surface area contributed by atoms with Crippen LogP contribution in [0.4, 0.5) is 11.6 Å². The van der Waals surface area contributed by atoms with Crippen molar-refractivity contribution in [2.75, 3.05) is 18.7 Å². The smallest absolute Gasteiger partial charge is 0.287 e. The second-order valence-corrected chi connectivity index (χ2v) is 3.04. The van der Waals surface area contributed by atoms with Crippen molar-refractivity contribution in [1.82, 2.24) is 0 Å².